The summed E-state index contributed by atoms with van der Waals surface area (Å²) in [6.07, 6.45) is 0.747. The van der Waals surface area contributed by atoms with Crippen molar-refractivity contribution in [3.05, 3.63) is 56.5 Å². The SMILES string of the molecule is CCc1c(C)[nH]n(Cc2ccccc2Cl)c1=O. The molecular weight excluding hydrogens is 236 g/mol. The number of hydrogen-bond acceptors (Lipinski definition) is 1. The maximum atomic E-state index is 12.0. The fourth-order valence-corrected chi connectivity index (χ4v) is 2.16. The van der Waals surface area contributed by atoms with E-state index >= 15 is 0 Å². The van der Waals surface area contributed by atoms with Crippen LogP contribution in [-0.2, 0) is 13.0 Å². The van der Waals surface area contributed by atoms with Gasteiger partial charge in [-0.2, -0.15) is 0 Å². The van der Waals surface area contributed by atoms with Gasteiger partial charge in [-0.3, -0.25) is 9.89 Å². The van der Waals surface area contributed by atoms with E-state index in [9.17, 15) is 4.79 Å². The van der Waals surface area contributed by atoms with Crippen LogP contribution >= 0.6 is 11.6 Å². The van der Waals surface area contributed by atoms with E-state index in [-0.39, 0.29) is 5.56 Å². The van der Waals surface area contributed by atoms with E-state index in [0.29, 0.717) is 11.6 Å². The van der Waals surface area contributed by atoms with Gasteiger partial charge in [0.15, 0.2) is 0 Å². The molecule has 1 heterocycles. The lowest BCUT2D eigenvalue weighted by atomic mass is 10.2. The molecule has 0 saturated heterocycles. The van der Waals surface area contributed by atoms with E-state index in [1.807, 2.05) is 38.1 Å². The highest BCUT2D eigenvalue weighted by molar-refractivity contribution is 6.31. The summed E-state index contributed by atoms with van der Waals surface area (Å²) >= 11 is 6.08. The quantitative estimate of drug-likeness (QED) is 0.894. The second kappa shape index (κ2) is 4.80. The van der Waals surface area contributed by atoms with E-state index < -0.39 is 0 Å². The van der Waals surface area contributed by atoms with E-state index in [1.165, 1.54) is 0 Å². The fourth-order valence-electron chi connectivity index (χ4n) is 1.97. The molecule has 0 radical (unpaired) electrons. The maximum absolute atomic E-state index is 12.0. The molecular formula is C13H15ClN2O. The summed E-state index contributed by atoms with van der Waals surface area (Å²) in [5, 5.41) is 3.77. The van der Waals surface area contributed by atoms with Crippen molar-refractivity contribution >= 4 is 11.6 Å². The summed E-state index contributed by atoms with van der Waals surface area (Å²) in [5.74, 6) is 0. The number of halogens is 1. The van der Waals surface area contributed by atoms with Gasteiger partial charge in [-0.1, -0.05) is 36.7 Å². The smallest absolute Gasteiger partial charge is 0.270 e. The highest BCUT2D eigenvalue weighted by atomic mass is 35.5. The Bertz CT molecular complexity index is 583. The summed E-state index contributed by atoms with van der Waals surface area (Å²) in [4.78, 5) is 12.0. The molecule has 0 amide bonds. The van der Waals surface area contributed by atoms with Crippen molar-refractivity contribution in [3.63, 3.8) is 0 Å². The van der Waals surface area contributed by atoms with Gasteiger partial charge >= 0.3 is 0 Å². The number of aryl methyl sites for hydroxylation is 1. The first-order valence-electron chi connectivity index (χ1n) is 5.65. The van der Waals surface area contributed by atoms with Crippen molar-refractivity contribution in [3.8, 4) is 0 Å². The Hall–Kier alpha value is -1.48. The first-order valence-corrected chi connectivity index (χ1v) is 6.03. The average Bonchev–Trinajstić information content (AvgIpc) is 2.57. The normalized spacial score (nSPS) is 10.8. The van der Waals surface area contributed by atoms with Crippen LogP contribution in [0.2, 0.25) is 5.02 Å². The van der Waals surface area contributed by atoms with Crippen LogP contribution in [0.1, 0.15) is 23.7 Å². The van der Waals surface area contributed by atoms with Crippen LogP contribution in [0.25, 0.3) is 0 Å². The van der Waals surface area contributed by atoms with Gasteiger partial charge in [0.2, 0.25) is 0 Å². The van der Waals surface area contributed by atoms with E-state index in [2.05, 4.69) is 5.10 Å². The van der Waals surface area contributed by atoms with Crippen molar-refractivity contribution in [1.82, 2.24) is 9.78 Å². The van der Waals surface area contributed by atoms with Gasteiger partial charge in [-0.25, -0.2) is 4.68 Å². The first kappa shape index (κ1) is 12.0. The Morgan fingerprint density at radius 2 is 2.06 bits per heavy atom. The molecule has 0 aliphatic carbocycles. The minimum absolute atomic E-state index is 0.0462. The molecule has 1 aromatic heterocycles. The lowest BCUT2D eigenvalue weighted by molar-refractivity contribution is 0.657. The molecule has 0 spiro atoms. The maximum Gasteiger partial charge on any atom is 0.270 e. The molecule has 90 valence electrons. The number of aromatic amines is 1. The second-order valence-electron chi connectivity index (χ2n) is 4.05. The van der Waals surface area contributed by atoms with Crippen molar-refractivity contribution < 1.29 is 0 Å². The summed E-state index contributed by atoms with van der Waals surface area (Å²) in [6.45, 7) is 4.39. The molecule has 0 saturated carbocycles. The summed E-state index contributed by atoms with van der Waals surface area (Å²) in [7, 11) is 0. The average molecular weight is 251 g/mol. The molecule has 0 aliphatic rings. The third-order valence-electron chi connectivity index (χ3n) is 2.90. The highest BCUT2D eigenvalue weighted by Gasteiger charge is 2.10. The van der Waals surface area contributed by atoms with Crippen LogP contribution in [0, 0.1) is 6.92 Å². The molecule has 0 bridgehead atoms. The fraction of sp³-hybridized carbons (Fsp3) is 0.308. The standard InChI is InChI=1S/C13H15ClN2O/c1-3-11-9(2)15-16(13(11)17)8-10-6-4-5-7-12(10)14/h4-7,15H,3,8H2,1-2H3. The Labute approximate surface area is 105 Å². The largest absolute Gasteiger partial charge is 0.299 e. The Morgan fingerprint density at radius 3 is 2.65 bits per heavy atom. The zero-order valence-corrected chi connectivity index (χ0v) is 10.7. The molecule has 0 atom stereocenters. The topological polar surface area (TPSA) is 37.8 Å². The lowest BCUT2D eigenvalue weighted by Crippen LogP contribution is -2.19. The van der Waals surface area contributed by atoms with Gasteiger partial charge in [0.25, 0.3) is 5.56 Å². The van der Waals surface area contributed by atoms with Crippen LogP contribution in [0.4, 0.5) is 0 Å². The molecule has 4 heteroatoms. The molecule has 0 unspecified atom stereocenters. The van der Waals surface area contributed by atoms with Crippen LogP contribution in [-0.4, -0.2) is 9.78 Å². The van der Waals surface area contributed by atoms with Crippen molar-refractivity contribution in [2.45, 2.75) is 26.8 Å². The number of H-pyrrole nitrogens is 1. The predicted molar refractivity (Wildman–Crippen MR) is 69.7 cm³/mol. The molecule has 1 aromatic carbocycles. The van der Waals surface area contributed by atoms with Gasteiger partial charge < -0.3 is 0 Å². The summed E-state index contributed by atoms with van der Waals surface area (Å²) < 4.78 is 1.61. The third kappa shape index (κ3) is 2.29. The highest BCUT2D eigenvalue weighted by Crippen LogP contribution is 2.15. The summed E-state index contributed by atoms with van der Waals surface area (Å²) in [6, 6.07) is 7.56. The molecule has 1 N–H and O–H groups in total. The molecule has 0 aliphatic heterocycles. The number of hydrogen-bond donors (Lipinski definition) is 1. The molecule has 0 fully saturated rings. The number of rotatable bonds is 3. The zero-order chi connectivity index (χ0) is 12.4. The second-order valence-corrected chi connectivity index (χ2v) is 4.46. The number of aromatic nitrogens is 2. The van der Waals surface area contributed by atoms with Crippen molar-refractivity contribution in [1.29, 1.82) is 0 Å². The van der Waals surface area contributed by atoms with Gasteiger partial charge in [0, 0.05) is 16.3 Å². The van der Waals surface area contributed by atoms with E-state index in [4.69, 9.17) is 11.6 Å². The Morgan fingerprint density at radius 1 is 1.35 bits per heavy atom. The molecule has 2 aromatic rings. The molecule has 2 rings (SSSR count). The minimum Gasteiger partial charge on any atom is -0.299 e. The van der Waals surface area contributed by atoms with Crippen LogP contribution in [0.3, 0.4) is 0 Å². The van der Waals surface area contributed by atoms with E-state index in [0.717, 1.165) is 23.2 Å². The number of benzene rings is 1. The third-order valence-corrected chi connectivity index (χ3v) is 3.27. The Balaban J connectivity index is 2.38. The van der Waals surface area contributed by atoms with E-state index in [1.54, 1.807) is 4.68 Å². The van der Waals surface area contributed by atoms with Crippen molar-refractivity contribution in [2.75, 3.05) is 0 Å². The minimum atomic E-state index is 0.0462. The van der Waals surface area contributed by atoms with Crippen LogP contribution < -0.4 is 5.56 Å². The van der Waals surface area contributed by atoms with Gasteiger partial charge in [0.05, 0.1) is 6.54 Å². The van der Waals surface area contributed by atoms with Gasteiger partial charge in [0.1, 0.15) is 0 Å². The van der Waals surface area contributed by atoms with Crippen LogP contribution in [0.5, 0.6) is 0 Å². The summed E-state index contributed by atoms with van der Waals surface area (Å²) in [5.41, 5.74) is 2.77. The van der Waals surface area contributed by atoms with Crippen molar-refractivity contribution in [2.24, 2.45) is 0 Å². The monoisotopic (exact) mass is 250 g/mol. The van der Waals surface area contributed by atoms with Crippen LogP contribution in [0.15, 0.2) is 29.1 Å². The zero-order valence-electron chi connectivity index (χ0n) is 9.96. The number of nitrogens with one attached hydrogen (secondary N) is 1. The first-order chi connectivity index (χ1) is 8.13. The van der Waals surface area contributed by atoms with Gasteiger partial charge in [-0.05, 0) is 25.0 Å². The lowest BCUT2D eigenvalue weighted by Gasteiger charge is -2.04. The molecule has 3 nitrogen and oxygen atoms in total. The number of nitrogens with zero attached hydrogens (tertiary/aromatic N) is 1. The molecule has 17 heavy (non-hydrogen) atoms. The Kier molecular flexibility index (Phi) is 3.38. The predicted octanol–water partition coefficient (Wildman–Crippen LogP) is 2.75. The van der Waals surface area contributed by atoms with Gasteiger partial charge in [-0.15, -0.1) is 0 Å².